The lowest BCUT2D eigenvalue weighted by Crippen LogP contribution is -2.42. The molecule has 1 amide bonds. The molecule has 1 heterocycles. The number of aryl methyl sites for hydroxylation is 1. The fourth-order valence-electron chi connectivity index (χ4n) is 4.20. The van der Waals surface area contributed by atoms with E-state index in [9.17, 15) is 19.5 Å². The highest BCUT2D eigenvalue weighted by Gasteiger charge is 2.29. The van der Waals surface area contributed by atoms with E-state index < -0.39 is 24.6 Å². The number of pyridine rings is 1. The average Bonchev–Trinajstić information content (AvgIpc) is 2.83. The normalized spacial score (nSPS) is 13.8. The van der Waals surface area contributed by atoms with Gasteiger partial charge in [-0.3, -0.25) is 9.59 Å². The number of aliphatic hydroxyl groups is 1. The van der Waals surface area contributed by atoms with Crippen molar-refractivity contribution in [2.75, 3.05) is 6.61 Å². The van der Waals surface area contributed by atoms with Crippen LogP contribution in [0.15, 0.2) is 77.7 Å². The molecule has 0 bridgehead atoms. The van der Waals surface area contributed by atoms with Gasteiger partial charge in [-0.05, 0) is 53.6 Å². The summed E-state index contributed by atoms with van der Waals surface area (Å²) in [5.74, 6) is -1.04. The molecule has 0 fully saturated rings. The van der Waals surface area contributed by atoms with Gasteiger partial charge in [0.25, 0.3) is 5.56 Å². The van der Waals surface area contributed by atoms with Crippen molar-refractivity contribution < 1.29 is 14.7 Å². The molecule has 2 aromatic carbocycles. The molecule has 1 aromatic heterocycles. The summed E-state index contributed by atoms with van der Waals surface area (Å²) in [6.07, 6.45) is 2.72. The molecular formula is C28H32N2O4. The van der Waals surface area contributed by atoms with Crippen LogP contribution in [0.3, 0.4) is 0 Å². The summed E-state index contributed by atoms with van der Waals surface area (Å²) in [7, 11) is 0. The number of aromatic nitrogens is 1. The lowest BCUT2D eigenvalue weighted by Gasteiger charge is -2.28. The third kappa shape index (κ3) is 5.88. The Bertz CT molecular complexity index is 1180. The topological polar surface area (TPSA) is 88.4 Å². The molecule has 0 aliphatic heterocycles. The first-order valence-corrected chi connectivity index (χ1v) is 11.5. The van der Waals surface area contributed by atoms with Crippen LogP contribution in [0.5, 0.6) is 0 Å². The molecule has 0 radical (unpaired) electrons. The van der Waals surface area contributed by atoms with Gasteiger partial charge in [-0.15, -0.1) is 0 Å². The molecule has 3 atom stereocenters. The van der Waals surface area contributed by atoms with E-state index in [0.717, 1.165) is 16.7 Å². The van der Waals surface area contributed by atoms with E-state index in [2.05, 4.69) is 5.32 Å². The van der Waals surface area contributed by atoms with Crippen molar-refractivity contribution >= 4 is 12.2 Å². The maximum absolute atomic E-state index is 13.5. The number of hydrogen-bond donors (Lipinski definition) is 2. The Morgan fingerprint density at radius 1 is 1.06 bits per heavy atom. The maximum Gasteiger partial charge on any atom is 0.251 e. The molecule has 2 N–H and O–H groups in total. The minimum absolute atomic E-state index is 0.158. The van der Waals surface area contributed by atoms with Crippen LogP contribution in [-0.2, 0) is 9.59 Å². The van der Waals surface area contributed by atoms with E-state index in [1.54, 1.807) is 18.3 Å². The molecule has 6 nitrogen and oxygen atoms in total. The van der Waals surface area contributed by atoms with E-state index in [-0.39, 0.29) is 17.4 Å². The van der Waals surface area contributed by atoms with E-state index in [1.165, 1.54) is 10.6 Å². The number of carbonyl (C=O) groups excluding carboxylic acids is 2. The lowest BCUT2D eigenvalue weighted by molar-refractivity contribution is -0.126. The molecule has 3 aromatic rings. The van der Waals surface area contributed by atoms with Gasteiger partial charge in [-0.1, -0.05) is 62.4 Å². The number of aliphatic hydroxyl groups excluding tert-OH is 1. The Kier molecular flexibility index (Phi) is 8.55. The van der Waals surface area contributed by atoms with Crippen LogP contribution < -0.4 is 10.9 Å². The van der Waals surface area contributed by atoms with Crippen LogP contribution in [0.25, 0.3) is 11.1 Å². The Morgan fingerprint density at radius 2 is 1.79 bits per heavy atom. The highest BCUT2D eigenvalue weighted by atomic mass is 16.3. The number of rotatable bonds is 10. The van der Waals surface area contributed by atoms with E-state index in [4.69, 9.17) is 0 Å². The first-order valence-electron chi connectivity index (χ1n) is 11.5. The standard InChI is InChI=1S/C28H32N2O4/c1-19(2)15-25(30-14-7-6-13-26(30)33)28(34)29-27(23(17-31)18-32)22-11-8-10-21(16-22)24-12-5-4-9-20(24)3/h4-14,16-17,19,23,25,27,32H,15,18H2,1-3H3,(H,29,34)/t23?,25-,27+/m0/s1. The van der Waals surface area contributed by atoms with Gasteiger partial charge < -0.3 is 19.8 Å². The largest absolute Gasteiger partial charge is 0.396 e. The third-order valence-electron chi connectivity index (χ3n) is 6.00. The number of amides is 1. The van der Waals surface area contributed by atoms with Gasteiger partial charge >= 0.3 is 0 Å². The molecule has 0 saturated heterocycles. The van der Waals surface area contributed by atoms with Crippen LogP contribution in [0.4, 0.5) is 0 Å². The van der Waals surface area contributed by atoms with Crippen molar-refractivity contribution in [3.05, 3.63) is 94.4 Å². The van der Waals surface area contributed by atoms with Gasteiger partial charge in [-0.2, -0.15) is 0 Å². The summed E-state index contributed by atoms with van der Waals surface area (Å²) in [5.41, 5.74) is 3.55. The van der Waals surface area contributed by atoms with Gasteiger partial charge in [0, 0.05) is 12.3 Å². The Hall–Kier alpha value is -3.51. The van der Waals surface area contributed by atoms with Gasteiger partial charge in [0.1, 0.15) is 12.3 Å². The molecular weight excluding hydrogens is 428 g/mol. The molecule has 0 aliphatic carbocycles. The Labute approximate surface area is 200 Å². The summed E-state index contributed by atoms with van der Waals surface area (Å²) < 4.78 is 1.42. The highest BCUT2D eigenvalue weighted by molar-refractivity contribution is 5.81. The first-order chi connectivity index (χ1) is 16.3. The third-order valence-corrected chi connectivity index (χ3v) is 6.00. The molecule has 6 heteroatoms. The number of nitrogens with zero attached hydrogens (tertiary/aromatic N) is 1. The molecule has 0 aliphatic rings. The van der Waals surface area contributed by atoms with Gasteiger partial charge in [0.15, 0.2) is 0 Å². The molecule has 34 heavy (non-hydrogen) atoms. The second-order valence-corrected chi connectivity index (χ2v) is 9.00. The summed E-state index contributed by atoms with van der Waals surface area (Å²) >= 11 is 0. The summed E-state index contributed by atoms with van der Waals surface area (Å²) in [5, 5.41) is 12.9. The number of benzene rings is 2. The summed E-state index contributed by atoms with van der Waals surface area (Å²) in [6.45, 7) is 5.58. The number of nitrogens with one attached hydrogen (secondary N) is 1. The Morgan fingerprint density at radius 3 is 2.44 bits per heavy atom. The maximum atomic E-state index is 13.5. The monoisotopic (exact) mass is 460 g/mol. The van der Waals surface area contributed by atoms with Gasteiger partial charge in [-0.25, -0.2) is 0 Å². The lowest BCUT2D eigenvalue weighted by atomic mass is 9.90. The second kappa shape index (κ2) is 11.6. The van der Waals surface area contributed by atoms with Gasteiger partial charge in [0.05, 0.1) is 18.6 Å². The quantitative estimate of drug-likeness (QED) is 0.446. The second-order valence-electron chi connectivity index (χ2n) is 9.00. The summed E-state index contributed by atoms with van der Waals surface area (Å²) in [6, 6.07) is 18.9. The van der Waals surface area contributed by atoms with Crippen LogP contribution in [0.1, 0.15) is 43.5 Å². The highest BCUT2D eigenvalue weighted by Crippen LogP contribution is 2.29. The minimum atomic E-state index is -0.830. The van der Waals surface area contributed by atoms with Crippen LogP contribution in [0.2, 0.25) is 0 Å². The van der Waals surface area contributed by atoms with Crippen molar-refractivity contribution in [2.24, 2.45) is 11.8 Å². The number of hydrogen-bond acceptors (Lipinski definition) is 4. The fraction of sp³-hybridized carbons (Fsp3) is 0.321. The smallest absolute Gasteiger partial charge is 0.251 e. The first kappa shape index (κ1) is 25.1. The zero-order valence-corrected chi connectivity index (χ0v) is 19.8. The molecule has 3 rings (SSSR count). The Balaban J connectivity index is 2.00. The van der Waals surface area contributed by atoms with Crippen molar-refractivity contribution in [1.29, 1.82) is 0 Å². The fourth-order valence-corrected chi connectivity index (χ4v) is 4.20. The molecule has 0 saturated carbocycles. The predicted octanol–water partition coefficient (Wildman–Crippen LogP) is 4.08. The number of aldehydes is 1. The van der Waals surface area contributed by atoms with E-state index in [1.807, 2.05) is 69.3 Å². The van der Waals surface area contributed by atoms with Crippen LogP contribution in [0, 0.1) is 18.8 Å². The molecule has 1 unspecified atom stereocenters. The summed E-state index contributed by atoms with van der Waals surface area (Å²) in [4.78, 5) is 37.8. The minimum Gasteiger partial charge on any atom is -0.396 e. The van der Waals surface area contributed by atoms with Crippen LogP contribution in [-0.4, -0.2) is 28.5 Å². The SMILES string of the molecule is Cc1ccccc1-c1cccc([C@@H](NC(=O)[C@H](CC(C)C)n2ccccc2=O)C(C=O)CO)c1. The van der Waals surface area contributed by atoms with Crippen molar-refractivity contribution in [3.63, 3.8) is 0 Å². The van der Waals surface area contributed by atoms with Crippen molar-refractivity contribution in [1.82, 2.24) is 9.88 Å². The number of carbonyl (C=O) groups is 2. The molecule has 178 valence electrons. The van der Waals surface area contributed by atoms with Crippen molar-refractivity contribution in [3.8, 4) is 11.1 Å². The zero-order chi connectivity index (χ0) is 24.7. The van der Waals surface area contributed by atoms with Crippen LogP contribution >= 0.6 is 0 Å². The van der Waals surface area contributed by atoms with Gasteiger partial charge in [0.2, 0.25) is 5.91 Å². The average molecular weight is 461 g/mol. The van der Waals surface area contributed by atoms with E-state index >= 15 is 0 Å². The van der Waals surface area contributed by atoms with Crippen molar-refractivity contribution in [2.45, 2.75) is 39.3 Å². The molecule has 0 spiro atoms. The zero-order valence-electron chi connectivity index (χ0n) is 19.8. The predicted molar refractivity (Wildman–Crippen MR) is 133 cm³/mol. The van der Waals surface area contributed by atoms with E-state index in [0.29, 0.717) is 18.3 Å².